The number of amides is 1. The molecule has 1 saturated heterocycles. The predicted octanol–water partition coefficient (Wildman–Crippen LogP) is -1.55. The van der Waals surface area contributed by atoms with Crippen LogP contribution >= 0.6 is 0 Å². The van der Waals surface area contributed by atoms with Gasteiger partial charge in [0.15, 0.2) is 0 Å². The molecule has 0 saturated carbocycles. The molecule has 1 aliphatic heterocycles. The Kier molecular flexibility index (Phi) is 1.68. The molecule has 0 radical (unpaired) electrons. The summed E-state index contributed by atoms with van der Waals surface area (Å²) < 4.78 is 4.90. The van der Waals surface area contributed by atoms with Crippen molar-refractivity contribution in [3.05, 3.63) is 0 Å². The molecule has 1 fully saturated rings. The smallest absolute Gasteiger partial charge is 0.224 e. The molecule has 52 valence electrons. The number of rotatable bonds is 1. The van der Waals surface area contributed by atoms with Gasteiger partial charge in [-0.15, -0.1) is 0 Å². The van der Waals surface area contributed by atoms with Crippen molar-refractivity contribution in [1.29, 1.82) is 0 Å². The van der Waals surface area contributed by atoms with E-state index in [1.807, 2.05) is 0 Å². The Bertz CT molecular complexity index is 126. The van der Waals surface area contributed by atoms with Gasteiger partial charge in [-0.3, -0.25) is 4.79 Å². The third-order valence-corrected chi connectivity index (χ3v) is 1.49. The van der Waals surface area contributed by atoms with E-state index in [1.54, 1.807) is 0 Å². The van der Waals surface area contributed by atoms with Crippen LogP contribution in [0.25, 0.3) is 0 Å². The van der Waals surface area contributed by atoms with E-state index in [4.69, 9.17) is 16.2 Å². The fourth-order valence-corrected chi connectivity index (χ4v) is 0.864. The Morgan fingerprint density at radius 1 is 1.56 bits per heavy atom. The maximum Gasteiger partial charge on any atom is 0.224 e. The molecule has 0 bridgehead atoms. The summed E-state index contributed by atoms with van der Waals surface area (Å²) in [5, 5.41) is 0. The van der Waals surface area contributed by atoms with E-state index in [2.05, 4.69) is 0 Å². The molecule has 1 amide bonds. The standard InChI is InChI=1S/C5H10N2O2/c6-4-2-9-1-3(4)5(7)8/h3-4H,1-2,6H2,(H2,7,8)/t3-,4-/m0/s1. The van der Waals surface area contributed by atoms with E-state index in [0.717, 1.165) is 0 Å². The first-order valence-corrected chi connectivity index (χ1v) is 2.84. The molecule has 4 nitrogen and oxygen atoms in total. The Labute approximate surface area is 53.1 Å². The molecule has 1 aliphatic rings. The summed E-state index contributed by atoms with van der Waals surface area (Å²) in [5.74, 6) is -0.634. The lowest BCUT2D eigenvalue weighted by molar-refractivity contribution is -0.121. The SMILES string of the molecule is NC(=O)[C@H]1COC[C@@H]1N. The maximum atomic E-state index is 10.5. The van der Waals surface area contributed by atoms with Gasteiger partial charge in [0, 0.05) is 6.04 Å². The summed E-state index contributed by atoms with van der Waals surface area (Å²) in [7, 11) is 0. The van der Waals surface area contributed by atoms with Crippen molar-refractivity contribution in [3.63, 3.8) is 0 Å². The topological polar surface area (TPSA) is 78.3 Å². The Morgan fingerprint density at radius 2 is 2.22 bits per heavy atom. The molecule has 0 aliphatic carbocycles. The van der Waals surface area contributed by atoms with Crippen LogP contribution < -0.4 is 11.5 Å². The van der Waals surface area contributed by atoms with Crippen LogP contribution in [0.2, 0.25) is 0 Å². The molecule has 1 heterocycles. The summed E-state index contributed by atoms with van der Waals surface area (Å²) in [4.78, 5) is 10.5. The van der Waals surface area contributed by atoms with Crippen LogP contribution in [-0.4, -0.2) is 25.2 Å². The molecule has 0 spiro atoms. The van der Waals surface area contributed by atoms with Gasteiger partial charge in [-0.1, -0.05) is 0 Å². The van der Waals surface area contributed by atoms with Crippen LogP contribution in [0.4, 0.5) is 0 Å². The van der Waals surface area contributed by atoms with Gasteiger partial charge in [0.25, 0.3) is 0 Å². The summed E-state index contributed by atoms with van der Waals surface area (Å²) in [6, 6.07) is -0.192. The van der Waals surface area contributed by atoms with Gasteiger partial charge in [-0.2, -0.15) is 0 Å². The van der Waals surface area contributed by atoms with Crippen molar-refractivity contribution >= 4 is 5.91 Å². The fraction of sp³-hybridized carbons (Fsp3) is 0.800. The maximum absolute atomic E-state index is 10.5. The molecule has 0 aromatic rings. The minimum absolute atomic E-state index is 0.192. The second-order valence-corrected chi connectivity index (χ2v) is 2.21. The number of nitrogens with two attached hydrogens (primary N) is 2. The Morgan fingerprint density at radius 3 is 2.44 bits per heavy atom. The quantitative estimate of drug-likeness (QED) is 0.451. The highest BCUT2D eigenvalue weighted by Crippen LogP contribution is 2.09. The average molecular weight is 130 g/mol. The van der Waals surface area contributed by atoms with Crippen molar-refractivity contribution in [1.82, 2.24) is 0 Å². The third-order valence-electron chi connectivity index (χ3n) is 1.49. The lowest BCUT2D eigenvalue weighted by Gasteiger charge is -2.06. The van der Waals surface area contributed by atoms with Crippen LogP contribution in [0.3, 0.4) is 0 Å². The number of carbonyl (C=O) groups is 1. The molecular formula is C5H10N2O2. The molecule has 0 unspecified atom stereocenters. The summed E-state index contributed by atoms with van der Waals surface area (Å²) in [6.45, 7) is 0.837. The minimum atomic E-state index is -0.361. The number of hydrogen-bond donors (Lipinski definition) is 2. The third kappa shape index (κ3) is 1.20. The summed E-state index contributed by atoms with van der Waals surface area (Å²) in [5.41, 5.74) is 10.4. The zero-order chi connectivity index (χ0) is 6.85. The second kappa shape index (κ2) is 2.33. The molecule has 1 rings (SSSR count). The number of hydrogen-bond acceptors (Lipinski definition) is 3. The molecule has 4 N–H and O–H groups in total. The van der Waals surface area contributed by atoms with Gasteiger partial charge >= 0.3 is 0 Å². The molecular weight excluding hydrogens is 120 g/mol. The highest BCUT2D eigenvalue weighted by atomic mass is 16.5. The van der Waals surface area contributed by atoms with Crippen LogP contribution in [0, 0.1) is 5.92 Å². The lowest BCUT2D eigenvalue weighted by atomic mass is 10.1. The van der Waals surface area contributed by atoms with Crippen molar-refractivity contribution in [2.24, 2.45) is 17.4 Å². The summed E-state index contributed by atoms with van der Waals surface area (Å²) in [6.07, 6.45) is 0. The lowest BCUT2D eigenvalue weighted by Crippen LogP contribution is -2.37. The number of ether oxygens (including phenoxy) is 1. The van der Waals surface area contributed by atoms with Gasteiger partial charge < -0.3 is 16.2 Å². The Hall–Kier alpha value is -0.610. The first kappa shape index (κ1) is 6.51. The van der Waals surface area contributed by atoms with E-state index in [0.29, 0.717) is 13.2 Å². The van der Waals surface area contributed by atoms with Crippen LogP contribution in [-0.2, 0) is 9.53 Å². The average Bonchev–Trinajstić information content (AvgIpc) is 2.13. The number of carbonyl (C=O) groups excluding carboxylic acids is 1. The summed E-state index contributed by atoms with van der Waals surface area (Å²) >= 11 is 0. The van der Waals surface area contributed by atoms with Crippen molar-refractivity contribution < 1.29 is 9.53 Å². The van der Waals surface area contributed by atoms with Crippen LogP contribution in [0.1, 0.15) is 0 Å². The van der Waals surface area contributed by atoms with Crippen molar-refractivity contribution in [2.45, 2.75) is 6.04 Å². The van der Waals surface area contributed by atoms with E-state index in [1.165, 1.54) is 0 Å². The van der Waals surface area contributed by atoms with Gasteiger partial charge in [0.05, 0.1) is 19.1 Å². The van der Waals surface area contributed by atoms with Crippen LogP contribution in [0.5, 0.6) is 0 Å². The highest BCUT2D eigenvalue weighted by molar-refractivity contribution is 5.77. The van der Waals surface area contributed by atoms with Crippen molar-refractivity contribution in [2.75, 3.05) is 13.2 Å². The zero-order valence-corrected chi connectivity index (χ0v) is 5.04. The predicted molar refractivity (Wildman–Crippen MR) is 31.5 cm³/mol. The van der Waals surface area contributed by atoms with Gasteiger partial charge in [-0.05, 0) is 0 Å². The molecule has 0 aromatic heterocycles. The molecule has 2 atom stereocenters. The van der Waals surface area contributed by atoms with Gasteiger partial charge in [0.2, 0.25) is 5.91 Å². The van der Waals surface area contributed by atoms with Crippen LogP contribution in [0.15, 0.2) is 0 Å². The van der Waals surface area contributed by atoms with E-state index >= 15 is 0 Å². The van der Waals surface area contributed by atoms with Gasteiger partial charge in [0.1, 0.15) is 0 Å². The van der Waals surface area contributed by atoms with Crippen molar-refractivity contribution in [3.8, 4) is 0 Å². The normalized spacial score (nSPS) is 34.8. The van der Waals surface area contributed by atoms with E-state index in [9.17, 15) is 4.79 Å². The minimum Gasteiger partial charge on any atom is -0.379 e. The largest absolute Gasteiger partial charge is 0.379 e. The second-order valence-electron chi connectivity index (χ2n) is 2.21. The fourth-order valence-electron chi connectivity index (χ4n) is 0.864. The monoisotopic (exact) mass is 130 g/mol. The Balaban J connectivity index is 2.49. The molecule has 0 aromatic carbocycles. The van der Waals surface area contributed by atoms with E-state index in [-0.39, 0.29) is 17.9 Å². The highest BCUT2D eigenvalue weighted by Gasteiger charge is 2.29. The van der Waals surface area contributed by atoms with E-state index < -0.39 is 0 Å². The number of primary amides is 1. The van der Waals surface area contributed by atoms with Gasteiger partial charge in [-0.25, -0.2) is 0 Å². The molecule has 9 heavy (non-hydrogen) atoms. The molecule has 4 heteroatoms. The first-order chi connectivity index (χ1) is 4.22. The zero-order valence-electron chi connectivity index (χ0n) is 5.04. The first-order valence-electron chi connectivity index (χ1n) is 2.84.